The van der Waals surface area contributed by atoms with Crippen LogP contribution in [0.1, 0.15) is 28.8 Å². The Hall–Kier alpha value is -2.95. The zero-order valence-electron chi connectivity index (χ0n) is 13.6. The van der Waals surface area contributed by atoms with E-state index in [1.165, 1.54) is 0 Å². The van der Waals surface area contributed by atoms with Gasteiger partial charge in [-0.1, -0.05) is 48.5 Å². The fraction of sp³-hybridized carbons (Fsp3) is 0.250. The molecule has 5 heteroatoms. The van der Waals surface area contributed by atoms with Gasteiger partial charge >= 0.3 is 11.9 Å². The molecule has 3 atom stereocenters. The van der Waals surface area contributed by atoms with Crippen molar-refractivity contribution in [3.05, 3.63) is 65.7 Å². The maximum absolute atomic E-state index is 13.0. The molecule has 5 nitrogen and oxygen atoms in total. The van der Waals surface area contributed by atoms with Crippen LogP contribution in [0.3, 0.4) is 0 Å². The summed E-state index contributed by atoms with van der Waals surface area (Å²) in [6, 6.07) is 15.7. The van der Waals surface area contributed by atoms with Crippen LogP contribution in [0.15, 0.2) is 54.6 Å². The lowest BCUT2D eigenvalue weighted by molar-refractivity contribution is -0.161. The number of esters is 2. The third kappa shape index (κ3) is 2.05. The van der Waals surface area contributed by atoms with E-state index in [9.17, 15) is 14.4 Å². The third-order valence-electron chi connectivity index (χ3n) is 4.95. The van der Waals surface area contributed by atoms with Gasteiger partial charge in [0, 0.05) is 17.0 Å². The van der Waals surface area contributed by atoms with Gasteiger partial charge in [0.2, 0.25) is 0 Å². The van der Waals surface area contributed by atoms with Crippen molar-refractivity contribution in [1.82, 2.24) is 0 Å². The average Bonchev–Trinajstić information content (AvgIpc) is 3.35. The second-order valence-electron chi connectivity index (χ2n) is 6.20. The number of hydrogen-bond acceptors (Lipinski definition) is 5. The molecule has 4 rings (SSSR count). The summed E-state index contributed by atoms with van der Waals surface area (Å²) in [6.07, 6.45) is 0. The summed E-state index contributed by atoms with van der Waals surface area (Å²) in [6.45, 7) is 1.80. The Morgan fingerprint density at radius 1 is 1.08 bits per heavy atom. The van der Waals surface area contributed by atoms with Gasteiger partial charge in [0.25, 0.3) is 0 Å². The number of hydrogen-bond donors (Lipinski definition) is 0. The highest BCUT2D eigenvalue weighted by molar-refractivity contribution is 6.17. The van der Waals surface area contributed by atoms with Crippen LogP contribution in [0.5, 0.6) is 5.75 Å². The van der Waals surface area contributed by atoms with Gasteiger partial charge in [0.15, 0.2) is 11.2 Å². The number of carbonyl (C=O) groups excluding carboxylic acids is 3. The summed E-state index contributed by atoms with van der Waals surface area (Å²) in [5.41, 5.74) is -0.405. The predicted molar refractivity (Wildman–Crippen MR) is 88.1 cm³/mol. The van der Waals surface area contributed by atoms with E-state index < -0.39 is 29.2 Å². The van der Waals surface area contributed by atoms with Gasteiger partial charge in [-0.25, -0.2) is 0 Å². The predicted octanol–water partition coefficient (Wildman–Crippen LogP) is 2.75. The second-order valence-corrected chi connectivity index (χ2v) is 6.20. The lowest BCUT2D eigenvalue weighted by Crippen LogP contribution is -2.37. The number of fused-ring (bicyclic) bond motifs is 3. The summed E-state index contributed by atoms with van der Waals surface area (Å²) >= 11 is 0. The quantitative estimate of drug-likeness (QED) is 0.372. The molecule has 2 aromatic carbocycles. The van der Waals surface area contributed by atoms with Crippen LogP contribution in [-0.4, -0.2) is 24.3 Å². The van der Waals surface area contributed by atoms with Crippen LogP contribution in [0.2, 0.25) is 0 Å². The van der Waals surface area contributed by atoms with Crippen LogP contribution in [-0.2, 0) is 14.3 Å². The van der Waals surface area contributed by atoms with Crippen molar-refractivity contribution in [3.63, 3.8) is 0 Å². The van der Waals surface area contributed by atoms with Crippen molar-refractivity contribution in [3.8, 4) is 5.75 Å². The third-order valence-corrected chi connectivity index (χ3v) is 4.95. The summed E-state index contributed by atoms with van der Waals surface area (Å²) < 4.78 is 10.5. The van der Waals surface area contributed by atoms with Gasteiger partial charge < -0.3 is 9.47 Å². The molecule has 2 aromatic rings. The summed E-state index contributed by atoms with van der Waals surface area (Å²) in [5.74, 6) is -2.58. The van der Waals surface area contributed by atoms with Crippen molar-refractivity contribution >= 4 is 17.7 Å². The van der Waals surface area contributed by atoms with Crippen LogP contribution in [0, 0.1) is 11.3 Å². The van der Waals surface area contributed by atoms with Crippen LogP contribution < -0.4 is 4.74 Å². The largest absolute Gasteiger partial charge is 0.465 e. The molecule has 25 heavy (non-hydrogen) atoms. The Labute approximate surface area is 144 Å². The average molecular weight is 336 g/mol. The molecule has 0 unspecified atom stereocenters. The van der Waals surface area contributed by atoms with E-state index in [1.807, 2.05) is 0 Å². The number of Topliss-reactive ketones (excluding diaryl/α,β-unsaturated/α-hetero) is 1. The van der Waals surface area contributed by atoms with E-state index in [2.05, 4.69) is 0 Å². The number of carbonyl (C=O) groups is 3. The van der Waals surface area contributed by atoms with Crippen LogP contribution >= 0.6 is 0 Å². The smallest absolute Gasteiger partial charge is 0.330 e. The zero-order valence-corrected chi connectivity index (χ0v) is 13.6. The van der Waals surface area contributed by atoms with Crippen molar-refractivity contribution in [2.24, 2.45) is 11.3 Å². The molecule has 0 bridgehead atoms. The van der Waals surface area contributed by atoms with E-state index in [4.69, 9.17) is 9.47 Å². The van der Waals surface area contributed by atoms with Crippen molar-refractivity contribution in [1.29, 1.82) is 0 Å². The second kappa shape index (κ2) is 5.55. The topological polar surface area (TPSA) is 69.7 Å². The molecule has 0 N–H and O–H groups in total. The fourth-order valence-electron chi connectivity index (χ4n) is 3.81. The van der Waals surface area contributed by atoms with Crippen molar-refractivity contribution in [2.75, 3.05) is 6.61 Å². The molecule has 1 aliphatic carbocycles. The number of ketones is 1. The molecular formula is C20H16O5. The zero-order chi connectivity index (χ0) is 17.6. The molecule has 1 heterocycles. The first kappa shape index (κ1) is 15.6. The minimum atomic E-state index is -1.57. The highest BCUT2D eigenvalue weighted by Gasteiger charge is 2.81. The fourth-order valence-corrected chi connectivity index (χ4v) is 3.81. The number of ether oxygens (including phenoxy) is 2. The number of rotatable bonds is 4. The lowest BCUT2D eigenvalue weighted by Gasteiger charge is -2.21. The molecule has 126 valence electrons. The molecule has 0 saturated heterocycles. The standard InChI is InChI=1S/C20H16O5/c1-2-24-18(22)20-15(13-10-6-7-11-14(13)25-19(20)23)16(20)17(21)12-8-4-3-5-9-12/h3-11,15-16H,2H2,1H3/t15-,16+,20-/m0/s1. The molecule has 0 spiro atoms. The Bertz CT molecular complexity index is 873. The summed E-state index contributed by atoms with van der Waals surface area (Å²) in [7, 11) is 0. The summed E-state index contributed by atoms with van der Waals surface area (Å²) in [5, 5.41) is 0. The van der Waals surface area contributed by atoms with E-state index in [0.29, 0.717) is 16.9 Å². The van der Waals surface area contributed by atoms with E-state index in [1.54, 1.807) is 61.5 Å². The molecule has 1 fully saturated rings. The number of para-hydroxylation sites is 1. The van der Waals surface area contributed by atoms with Crippen molar-refractivity contribution in [2.45, 2.75) is 12.8 Å². The first-order valence-corrected chi connectivity index (χ1v) is 8.20. The van der Waals surface area contributed by atoms with Crippen LogP contribution in [0.4, 0.5) is 0 Å². The van der Waals surface area contributed by atoms with Gasteiger partial charge in [-0.2, -0.15) is 0 Å². The molecular weight excluding hydrogens is 320 g/mol. The molecule has 0 amide bonds. The number of benzene rings is 2. The van der Waals surface area contributed by atoms with Gasteiger partial charge in [-0.05, 0) is 13.0 Å². The Balaban J connectivity index is 1.83. The molecule has 2 aliphatic rings. The normalized spacial score (nSPS) is 26.0. The van der Waals surface area contributed by atoms with Gasteiger partial charge in [0.05, 0.1) is 12.5 Å². The van der Waals surface area contributed by atoms with Gasteiger partial charge in [0.1, 0.15) is 5.75 Å². The SMILES string of the molecule is CCOC(=O)[C@]12C(=O)Oc3ccccc3[C@H]1[C@@H]2C(=O)c1ccccc1. The Morgan fingerprint density at radius 3 is 2.48 bits per heavy atom. The molecule has 1 saturated carbocycles. The first-order valence-electron chi connectivity index (χ1n) is 8.20. The Kier molecular flexibility index (Phi) is 3.46. The summed E-state index contributed by atoms with van der Waals surface area (Å²) in [4.78, 5) is 38.4. The van der Waals surface area contributed by atoms with Gasteiger partial charge in [-0.15, -0.1) is 0 Å². The van der Waals surface area contributed by atoms with E-state index in [-0.39, 0.29) is 12.4 Å². The lowest BCUT2D eigenvalue weighted by atomic mass is 9.95. The first-order chi connectivity index (χ1) is 12.1. The highest BCUT2D eigenvalue weighted by Crippen LogP contribution is 2.70. The van der Waals surface area contributed by atoms with Crippen molar-refractivity contribution < 1.29 is 23.9 Å². The molecule has 1 aliphatic heterocycles. The maximum atomic E-state index is 13.0. The minimum Gasteiger partial charge on any atom is -0.465 e. The minimum absolute atomic E-state index is 0.133. The highest BCUT2D eigenvalue weighted by atomic mass is 16.6. The monoisotopic (exact) mass is 336 g/mol. The molecule has 0 radical (unpaired) electrons. The maximum Gasteiger partial charge on any atom is 0.330 e. The van der Waals surface area contributed by atoms with Crippen LogP contribution in [0.25, 0.3) is 0 Å². The Morgan fingerprint density at radius 2 is 1.76 bits per heavy atom. The van der Waals surface area contributed by atoms with Gasteiger partial charge in [-0.3, -0.25) is 14.4 Å². The van der Waals surface area contributed by atoms with E-state index in [0.717, 1.165) is 0 Å². The van der Waals surface area contributed by atoms with E-state index >= 15 is 0 Å². The molecule has 0 aromatic heterocycles.